The Kier molecular flexibility index (Phi) is 5.36. The Balaban J connectivity index is 2.23. The number of ether oxygens (including phenoxy) is 1. The topological polar surface area (TPSA) is 41.6 Å². The molecule has 0 unspecified atom stereocenters. The molecule has 0 aliphatic carbocycles. The van der Waals surface area contributed by atoms with Crippen molar-refractivity contribution in [3.63, 3.8) is 0 Å². The molecule has 0 radical (unpaired) electrons. The summed E-state index contributed by atoms with van der Waals surface area (Å²) in [4.78, 5) is 13.0. The highest BCUT2D eigenvalue weighted by Crippen LogP contribution is 2.07. The lowest BCUT2D eigenvalue weighted by Crippen LogP contribution is -2.36. The average Bonchev–Trinajstić information content (AvgIpc) is 2.30. The number of likely N-dealkylation sites (N-methyl/N-ethyl adjacent to an activating group) is 2. The highest BCUT2D eigenvalue weighted by molar-refractivity contribution is 5.77. The number of nitrogens with zero attached hydrogens (tertiary/aromatic N) is 1. The Hall–Kier alpha value is -1.55. The molecule has 0 fully saturated rings. The summed E-state index contributed by atoms with van der Waals surface area (Å²) in [5, 5.41) is 2.82. The van der Waals surface area contributed by atoms with Crippen molar-refractivity contribution in [3.8, 4) is 5.75 Å². The van der Waals surface area contributed by atoms with Crippen LogP contribution in [0, 0.1) is 0 Å². The first-order chi connectivity index (χ1) is 7.74. The van der Waals surface area contributed by atoms with Crippen LogP contribution in [0.15, 0.2) is 30.3 Å². The molecular formula is C12H18N2O2. The molecule has 1 N–H and O–H groups in total. The van der Waals surface area contributed by atoms with Crippen molar-refractivity contribution in [3.05, 3.63) is 30.3 Å². The van der Waals surface area contributed by atoms with Crippen LogP contribution in [-0.4, -0.2) is 44.6 Å². The molecule has 1 rings (SSSR count). The Morgan fingerprint density at radius 3 is 2.69 bits per heavy atom. The molecule has 0 bridgehead atoms. The minimum atomic E-state index is 0.0687. The summed E-state index contributed by atoms with van der Waals surface area (Å²) in [6, 6.07) is 9.58. The number of benzene rings is 1. The van der Waals surface area contributed by atoms with Gasteiger partial charge in [0, 0.05) is 7.05 Å². The molecule has 16 heavy (non-hydrogen) atoms. The summed E-state index contributed by atoms with van der Waals surface area (Å²) in [6.07, 6.45) is 0. The Morgan fingerprint density at radius 1 is 1.38 bits per heavy atom. The summed E-state index contributed by atoms with van der Waals surface area (Å²) in [5.74, 6) is 0.899. The van der Waals surface area contributed by atoms with Gasteiger partial charge in [0.2, 0.25) is 5.91 Å². The van der Waals surface area contributed by atoms with Crippen molar-refractivity contribution in [1.82, 2.24) is 10.2 Å². The molecule has 0 aromatic heterocycles. The molecule has 0 heterocycles. The molecule has 0 aliphatic rings. The van der Waals surface area contributed by atoms with E-state index in [1.165, 1.54) is 0 Å². The van der Waals surface area contributed by atoms with Crippen LogP contribution in [0.3, 0.4) is 0 Å². The van der Waals surface area contributed by atoms with Crippen LogP contribution in [0.25, 0.3) is 0 Å². The quantitative estimate of drug-likeness (QED) is 0.772. The zero-order chi connectivity index (χ0) is 11.8. The maximum Gasteiger partial charge on any atom is 0.236 e. The van der Waals surface area contributed by atoms with Gasteiger partial charge in [-0.25, -0.2) is 0 Å². The first kappa shape index (κ1) is 12.5. The number of hydrogen-bond donors (Lipinski definition) is 1. The monoisotopic (exact) mass is 222 g/mol. The second-order valence-electron chi connectivity index (χ2n) is 3.51. The minimum absolute atomic E-state index is 0.0687. The maximum atomic E-state index is 11.4. The van der Waals surface area contributed by atoms with E-state index in [2.05, 4.69) is 5.32 Å². The lowest BCUT2D eigenvalue weighted by atomic mass is 10.3. The van der Waals surface area contributed by atoms with E-state index in [0.29, 0.717) is 19.7 Å². The predicted octanol–water partition coefficient (Wildman–Crippen LogP) is 0.743. The zero-order valence-electron chi connectivity index (χ0n) is 9.77. The SMILES string of the molecule is CNCC(=O)N(C)CCOc1ccccc1. The predicted molar refractivity (Wildman–Crippen MR) is 63.5 cm³/mol. The highest BCUT2D eigenvalue weighted by Gasteiger charge is 2.06. The summed E-state index contributed by atoms with van der Waals surface area (Å²) in [7, 11) is 3.53. The molecule has 0 spiro atoms. The molecule has 0 atom stereocenters. The third-order valence-electron chi connectivity index (χ3n) is 2.19. The summed E-state index contributed by atoms with van der Waals surface area (Å²) >= 11 is 0. The van der Waals surface area contributed by atoms with Crippen molar-refractivity contribution < 1.29 is 9.53 Å². The number of carbonyl (C=O) groups excluding carboxylic acids is 1. The first-order valence-corrected chi connectivity index (χ1v) is 5.30. The fourth-order valence-corrected chi connectivity index (χ4v) is 1.23. The number of hydrogen-bond acceptors (Lipinski definition) is 3. The first-order valence-electron chi connectivity index (χ1n) is 5.30. The second-order valence-corrected chi connectivity index (χ2v) is 3.51. The second kappa shape index (κ2) is 6.85. The van der Waals surface area contributed by atoms with Crippen LogP contribution >= 0.6 is 0 Å². The molecule has 0 saturated carbocycles. The van der Waals surface area contributed by atoms with E-state index in [1.807, 2.05) is 30.3 Å². The molecule has 0 aliphatic heterocycles. The van der Waals surface area contributed by atoms with Gasteiger partial charge in [0.15, 0.2) is 0 Å². The molecule has 1 aromatic rings. The molecule has 4 heteroatoms. The Labute approximate surface area is 96.2 Å². The number of para-hydroxylation sites is 1. The van der Waals surface area contributed by atoms with Crippen LogP contribution < -0.4 is 10.1 Å². The Morgan fingerprint density at radius 2 is 2.06 bits per heavy atom. The van der Waals surface area contributed by atoms with Gasteiger partial charge in [-0.1, -0.05) is 18.2 Å². The normalized spacial score (nSPS) is 9.88. The molecular weight excluding hydrogens is 204 g/mol. The van der Waals surface area contributed by atoms with Crippen LogP contribution in [0.4, 0.5) is 0 Å². The van der Waals surface area contributed by atoms with Gasteiger partial charge in [-0.15, -0.1) is 0 Å². The minimum Gasteiger partial charge on any atom is -0.492 e. The van der Waals surface area contributed by atoms with Crippen molar-refractivity contribution in [1.29, 1.82) is 0 Å². The number of nitrogens with one attached hydrogen (secondary N) is 1. The third kappa shape index (κ3) is 4.31. The average molecular weight is 222 g/mol. The van der Waals surface area contributed by atoms with E-state index >= 15 is 0 Å². The summed E-state index contributed by atoms with van der Waals surface area (Å²) in [6.45, 7) is 1.47. The van der Waals surface area contributed by atoms with Gasteiger partial charge in [0.25, 0.3) is 0 Å². The molecule has 88 valence electrons. The van der Waals surface area contributed by atoms with E-state index in [-0.39, 0.29) is 5.91 Å². The van der Waals surface area contributed by atoms with Crippen LogP contribution in [0.5, 0.6) is 5.75 Å². The van der Waals surface area contributed by atoms with E-state index in [0.717, 1.165) is 5.75 Å². The van der Waals surface area contributed by atoms with Crippen molar-refractivity contribution >= 4 is 5.91 Å². The molecule has 0 saturated heterocycles. The van der Waals surface area contributed by atoms with Crippen LogP contribution in [0.2, 0.25) is 0 Å². The van der Waals surface area contributed by atoms with Crippen molar-refractivity contribution in [2.45, 2.75) is 0 Å². The molecule has 4 nitrogen and oxygen atoms in total. The van der Waals surface area contributed by atoms with Crippen molar-refractivity contribution in [2.24, 2.45) is 0 Å². The summed E-state index contributed by atoms with van der Waals surface area (Å²) in [5.41, 5.74) is 0. The van der Waals surface area contributed by atoms with Crippen molar-refractivity contribution in [2.75, 3.05) is 33.8 Å². The number of carbonyl (C=O) groups is 1. The van der Waals surface area contributed by atoms with Gasteiger partial charge >= 0.3 is 0 Å². The zero-order valence-corrected chi connectivity index (χ0v) is 9.77. The largest absolute Gasteiger partial charge is 0.492 e. The van der Waals surface area contributed by atoms with Gasteiger partial charge < -0.3 is 15.0 Å². The van der Waals surface area contributed by atoms with Gasteiger partial charge in [-0.2, -0.15) is 0 Å². The molecule has 1 amide bonds. The van der Waals surface area contributed by atoms with E-state index in [4.69, 9.17) is 4.74 Å². The van der Waals surface area contributed by atoms with Crippen LogP contribution in [0.1, 0.15) is 0 Å². The van der Waals surface area contributed by atoms with Gasteiger partial charge in [0.05, 0.1) is 13.1 Å². The van der Waals surface area contributed by atoms with Gasteiger partial charge in [-0.3, -0.25) is 4.79 Å². The smallest absolute Gasteiger partial charge is 0.236 e. The van der Waals surface area contributed by atoms with E-state index < -0.39 is 0 Å². The Bertz CT molecular complexity index is 314. The van der Waals surface area contributed by atoms with Gasteiger partial charge in [-0.05, 0) is 19.2 Å². The lowest BCUT2D eigenvalue weighted by Gasteiger charge is -2.17. The maximum absolute atomic E-state index is 11.4. The van der Waals surface area contributed by atoms with Crippen LogP contribution in [-0.2, 0) is 4.79 Å². The fourth-order valence-electron chi connectivity index (χ4n) is 1.23. The van der Waals surface area contributed by atoms with Gasteiger partial charge in [0.1, 0.15) is 12.4 Å². The van der Waals surface area contributed by atoms with E-state index in [9.17, 15) is 4.79 Å². The standard InChI is InChI=1S/C12H18N2O2/c1-13-10-12(15)14(2)8-9-16-11-6-4-3-5-7-11/h3-7,13H,8-10H2,1-2H3. The number of amides is 1. The highest BCUT2D eigenvalue weighted by atomic mass is 16.5. The summed E-state index contributed by atoms with van der Waals surface area (Å²) < 4.78 is 5.49. The lowest BCUT2D eigenvalue weighted by molar-refractivity contribution is -0.129. The number of rotatable bonds is 6. The molecule has 1 aromatic carbocycles. The fraction of sp³-hybridized carbons (Fsp3) is 0.417. The van der Waals surface area contributed by atoms with E-state index in [1.54, 1.807) is 19.0 Å². The third-order valence-corrected chi connectivity index (χ3v) is 2.19.